The summed E-state index contributed by atoms with van der Waals surface area (Å²) in [5.74, 6) is 0.895. The molecule has 1 N–H and O–H groups in total. The highest BCUT2D eigenvalue weighted by atomic mass is 19.1. The van der Waals surface area contributed by atoms with Gasteiger partial charge in [0, 0.05) is 6.92 Å². The monoisotopic (exact) mass is 399 g/mol. The number of fused-ring (bicyclic) bond motifs is 1. The molecule has 3 heterocycles. The minimum Gasteiger partial charge on any atom is -0.444 e. The highest BCUT2D eigenvalue weighted by Gasteiger charge is 2.27. The second kappa shape index (κ2) is 8.98. The summed E-state index contributed by atoms with van der Waals surface area (Å²) in [5, 5.41) is 4.37. The molecule has 0 atom stereocenters. The molecular formula is C21H26FN5O2. The van der Waals surface area contributed by atoms with E-state index in [1.807, 2.05) is 13.0 Å². The number of allylic oxidation sites excluding steroid dienone is 2. The van der Waals surface area contributed by atoms with E-state index in [0.29, 0.717) is 36.1 Å². The maximum atomic E-state index is 13.6. The number of nitrogens with zero attached hydrogens (tertiary/aromatic N) is 4. The van der Waals surface area contributed by atoms with Gasteiger partial charge < -0.3 is 9.32 Å². The highest BCUT2D eigenvalue weighted by molar-refractivity contribution is 6.07. The molecule has 1 aliphatic rings. The number of carbonyl (C=O) groups is 1. The summed E-state index contributed by atoms with van der Waals surface area (Å²) in [4.78, 5) is 22.7. The first-order chi connectivity index (χ1) is 13.9. The molecule has 0 radical (unpaired) electrons. The van der Waals surface area contributed by atoms with Crippen LogP contribution in [0.1, 0.15) is 55.4 Å². The zero-order valence-electron chi connectivity index (χ0n) is 17.3. The number of hydrazone groups is 1. The zero-order chi connectivity index (χ0) is 21.0. The lowest BCUT2D eigenvalue weighted by atomic mass is 10.1. The number of amides is 1. The molecule has 0 aliphatic carbocycles. The van der Waals surface area contributed by atoms with Crippen molar-refractivity contribution in [3.63, 3.8) is 0 Å². The van der Waals surface area contributed by atoms with Crippen LogP contribution in [0.2, 0.25) is 0 Å². The van der Waals surface area contributed by atoms with Crippen LogP contribution < -0.4 is 5.43 Å². The number of hydrogen-bond acceptors (Lipinski definition) is 6. The molecule has 7 nitrogen and oxygen atoms in total. The lowest BCUT2D eigenvalue weighted by Gasteiger charge is -2.15. The molecule has 2 aromatic heterocycles. The Kier molecular flexibility index (Phi) is 6.41. The fourth-order valence-corrected chi connectivity index (χ4v) is 3.20. The van der Waals surface area contributed by atoms with Crippen molar-refractivity contribution in [3.8, 4) is 0 Å². The largest absolute Gasteiger partial charge is 0.444 e. The van der Waals surface area contributed by atoms with E-state index < -0.39 is 0 Å². The second-order valence-electron chi connectivity index (χ2n) is 7.19. The Morgan fingerprint density at radius 3 is 2.83 bits per heavy atom. The number of oxazole rings is 1. The Balaban J connectivity index is 1.69. The Hall–Kier alpha value is -3.03. The number of nitrogens with one attached hydrogen (secondary N) is 1. The first-order valence-corrected chi connectivity index (χ1v) is 9.71. The van der Waals surface area contributed by atoms with Gasteiger partial charge in [-0.15, -0.1) is 0 Å². The molecule has 0 bridgehead atoms. The van der Waals surface area contributed by atoms with Gasteiger partial charge in [0.1, 0.15) is 29.5 Å². The predicted molar refractivity (Wildman–Crippen MR) is 108 cm³/mol. The van der Waals surface area contributed by atoms with Gasteiger partial charge in [0.25, 0.3) is 0 Å². The molecule has 0 fully saturated rings. The summed E-state index contributed by atoms with van der Waals surface area (Å²) in [6, 6.07) is 2.97. The molecule has 0 aromatic carbocycles. The first-order valence-electron chi connectivity index (χ1n) is 9.71. The van der Waals surface area contributed by atoms with Crippen LogP contribution in [0.4, 0.5) is 4.39 Å². The van der Waals surface area contributed by atoms with Gasteiger partial charge in [0.05, 0.1) is 24.5 Å². The second-order valence-corrected chi connectivity index (χ2v) is 7.19. The van der Waals surface area contributed by atoms with Gasteiger partial charge >= 0.3 is 0 Å². The third kappa shape index (κ3) is 5.07. The average Bonchev–Trinajstić information content (AvgIpc) is 3.21. The van der Waals surface area contributed by atoms with Crippen molar-refractivity contribution >= 4 is 11.6 Å². The van der Waals surface area contributed by atoms with E-state index >= 15 is 0 Å². The summed E-state index contributed by atoms with van der Waals surface area (Å²) in [5.41, 5.74) is 6.21. The Morgan fingerprint density at radius 2 is 2.14 bits per heavy atom. The quantitative estimate of drug-likeness (QED) is 0.570. The van der Waals surface area contributed by atoms with Gasteiger partial charge in [-0.2, -0.15) is 5.10 Å². The number of halogens is 1. The van der Waals surface area contributed by atoms with Crippen LogP contribution in [-0.4, -0.2) is 33.0 Å². The fraction of sp³-hybridized carbons (Fsp3) is 0.429. The van der Waals surface area contributed by atoms with Crippen molar-refractivity contribution in [1.82, 2.24) is 20.3 Å². The maximum absolute atomic E-state index is 13.6. The molecule has 0 saturated carbocycles. The summed E-state index contributed by atoms with van der Waals surface area (Å²) in [6.07, 6.45) is 3.84. The molecular weight excluding hydrogens is 373 g/mol. The maximum Gasteiger partial charge on any atom is 0.244 e. The fourth-order valence-electron chi connectivity index (χ4n) is 3.20. The van der Waals surface area contributed by atoms with E-state index in [9.17, 15) is 9.18 Å². The molecule has 0 spiro atoms. The van der Waals surface area contributed by atoms with E-state index in [1.54, 1.807) is 24.8 Å². The van der Waals surface area contributed by atoms with Gasteiger partial charge in [-0.1, -0.05) is 18.9 Å². The normalized spacial score (nSPS) is 14.3. The smallest absolute Gasteiger partial charge is 0.244 e. The van der Waals surface area contributed by atoms with Crippen LogP contribution in [0.5, 0.6) is 0 Å². The van der Waals surface area contributed by atoms with Gasteiger partial charge in [0.15, 0.2) is 5.89 Å². The van der Waals surface area contributed by atoms with Gasteiger partial charge in [-0.25, -0.2) is 14.4 Å². The standard InChI is InChI=1S/C21H26FN5O2/c1-5-6-13(2)9-18(17-8-7-16(22)14(3)24-17)26-23-10-21(28)27-11-19-20(12-27)29-15(4)25-19/h7-9,23H,5-6,10-12H2,1-4H3/b13-9+,26-18+. The molecule has 3 rings (SSSR count). The summed E-state index contributed by atoms with van der Waals surface area (Å²) < 4.78 is 19.1. The zero-order valence-corrected chi connectivity index (χ0v) is 17.3. The molecule has 2 aromatic rings. The molecule has 1 amide bonds. The SMILES string of the molecule is CCC/C(C)=C/C(=N\NCC(=O)N1Cc2nc(C)oc2C1)c1ccc(F)c(C)n1. The molecule has 0 unspecified atom stereocenters. The van der Waals surface area contributed by atoms with E-state index in [1.165, 1.54) is 6.07 Å². The lowest BCUT2D eigenvalue weighted by molar-refractivity contribution is -0.131. The number of aromatic nitrogens is 2. The summed E-state index contributed by atoms with van der Waals surface area (Å²) in [6.45, 7) is 8.42. The number of carbonyl (C=O) groups excluding carboxylic acids is 1. The Labute approximate surface area is 169 Å². The molecule has 154 valence electrons. The van der Waals surface area contributed by atoms with Crippen molar-refractivity contribution in [1.29, 1.82) is 0 Å². The number of rotatable bonds is 7. The topological polar surface area (TPSA) is 83.6 Å². The minimum absolute atomic E-state index is 0.0353. The van der Waals surface area contributed by atoms with Crippen LogP contribution in [0.25, 0.3) is 0 Å². The molecule has 29 heavy (non-hydrogen) atoms. The van der Waals surface area contributed by atoms with E-state index in [4.69, 9.17) is 4.42 Å². The number of hydrogen-bond donors (Lipinski definition) is 1. The third-order valence-corrected chi connectivity index (χ3v) is 4.65. The van der Waals surface area contributed by atoms with Crippen LogP contribution in [-0.2, 0) is 17.9 Å². The van der Waals surface area contributed by atoms with Crippen LogP contribution >= 0.6 is 0 Å². The third-order valence-electron chi connectivity index (χ3n) is 4.65. The highest BCUT2D eigenvalue weighted by Crippen LogP contribution is 2.22. The van der Waals surface area contributed by atoms with Gasteiger partial charge in [-0.05, 0) is 38.5 Å². The van der Waals surface area contributed by atoms with Crippen LogP contribution in [0.3, 0.4) is 0 Å². The van der Waals surface area contributed by atoms with Crippen molar-refractivity contribution in [2.75, 3.05) is 6.54 Å². The van der Waals surface area contributed by atoms with Crippen molar-refractivity contribution in [2.45, 2.75) is 53.6 Å². The van der Waals surface area contributed by atoms with Crippen LogP contribution in [0.15, 0.2) is 33.3 Å². The molecule has 8 heteroatoms. The summed E-state index contributed by atoms with van der Waals surface area (Å²) >= 11 is 0. The van der Waals surface area contributed by atoms with Crippen molar-refractivity contribution in [3.05, 3.63) is 58.3 Å². The van der Waals surface area contributed by atoms with Gasteiger partial charge in [0.2, 0.25) is 5.91 Å². The van der Waals surface area contributed by atoms with E-state index in [0.717, 1.165) is 29.9 Å². The number of aryl methyl sites for hydroxylation is 2. The predicted octanol–water partition coefficient (Wildman–Crippen LogP) is 3.41. The Bertz CT molecular complexity index is 940. The van der Waals surface area contributed by atoms with Crippen LogP contribution in [0, 0.1) is 19.7 Å². The van der Waals surface area contributed by atoms with Crippen molar-refractivity contribution in [2.24, 2.45) is 5.10 Å². The van der Waals surface area contributed by atoms with Gasteiger partial charge in [-0.3, -0.25) is 10.2 Å². The number of pyridine rings is 1. The molecule has 0 saturated heterocycles. The van der Waals surface area contributed by atoms with E-state index in [-0.39, 0.29) is 18.3 Å². The average molecular weight is 399 g/mol. The lowest BCUT2D eigenvalue weighted by Crippen LogP contribution is -2.33. The Morgan fingerprint density at radius 1 is 1.34 bits per heavy atom. The van der Waals surface area contributed by atoms with Crippen molar-refractivity contribution < 1.29 is 13.6 Å². The van der Waals surface area contributed by atoms with E-state index in [2.05, 4.69) is 27.4 Å². The molecule has 1 aliphatic heterocycles. The summed E-state index contributed by atoms with van der Waals surface area (Å²) in [7, 11) is 0. The minimum atomic E-state index is -0.361. The first kappa shape index (κ1) is 20.7.